The molecule has 0 saturated heterocycles. The molecule has 5 heteroatoms. The van der Waals surface area contributed by atoms with Gasteiger partial charge in [0, 0.05) is 28.7 Å². The van der Waals surface area contributed by atoms with Gasteiger partial charge in [0.15, 0.2) is 11.6 Å². The average molecular weight is 409 g/mol. The van der Waals surface area contributed by atoms with Crippen molar-refractivity contribution in [3.63, 3.8) is 0 Å². The predicted molar refractivity (Wildman–Crippen MR) is 120 cm³/mol. The second-order valence-corrected chi connectivity index (χ2v) is 7.69. The Balaban J connectivity index is 1.78. The Morgan fingerprint density at radius 2 is 1.13 bits per heavy atom. The molecule has 0 atom stereocenters. The lowest BCUT2D eigenvalue weighted by Crippen LogP contribution is -2.29. The van der Waals surface area contributed by atoms with Crippen molar-refractivity contribution in [2.75, 3.05) is 39.3 Å². The number of carbonyl (C=O) groups is 2. The molecule has 3 rings (SSSR count). The van der Waals surface area contributed by atoms with Gasteiger partial charge in [-0.1, -0.05) is 27.7 Å². The van der Waals surface area contributed by atoms with Crippen LogP contribution in [0.3, 0.4) is 0 Å². The van der Waals surface area contributed by atoms with Crippen molar-refractivity contribution in [1.82, 2.24) is 9.80 Å². The van der Waals surface area contributed by atoms with E-state index in [4.69, 9.17) is 4.74 Å². The third-order valence-corrected chi connectivity index (χ3v) is 5.89. The molecule has 1 aliphatic heterocycles. The maximum Gasteiger partial charge on any atom is 0.176 e. The fourth-order valence-corrected chi connectivity index (χ4v) is 3.79. The number of carbonyl (C=O) groups excluding carboxylic acids is 2. The third-order valence-electron chi connectivity index (χ3n) is 5.89. The highest BCUT2D eigenvalue weighted by Crippen LogP contribution is 2.37. The van der Waals surface area contributed by atoms with E-state index >= 15 is 0 Å². The van der Waals surface area contributed by atoms with Crippen molar-refractivity contribution in [3.05, 3.63) is 58.7 Å². The van der Waals surface area contributed by atoms with E-state index in [1.54, 1.807) is 0 Å². The molecule has 0 N–H and O–H groups in total. The lowest BCUT2D eigenvalue weighted by atomic mass is 9.95. The first-order valence-electron chi connectivity index (χ1n) is 10.9. The van der Waals surface area contributed by atoms with Crippen molar-refractivity contribution in [1.29, 1.82) is 0 Å². The summed E-state index contributed by atoms with van der Waals surface area (Å²) < 4.78 is 6.05. The molecule has 0 radical (unpaired) electrons. The number of ketones is 2. The number of likely N-dealkylation sites (N-methyl/N-ethyl adjacent to an activating group) is 2. The van der Waals surface area contributed by atoms with E-state index in [-0.39, 0.29) is 11.6 Å². The Bertz CT molecular complexity index is 841. The number of fused-ring (bicyclic) bond motifs is 2. The van der Waals surface area contributed by atoms with Crippen LogP contribution >= 0.6 is 0 Å². The maximum atomic E-state index is 12.7. The van der Waals surface area contributed by atoms with Gasteiger partial charge in [-0.25, -0.2) is 0 Å². The molecule has 30 heavy (non-hydrogen) atoms. The summed E-state index contributed by atoms with van der Waals surface area (Å²) in [5.74, 6) is 1.80. The van der Waals surface area contributed by atoms with E-state index in [1.165, 1.54) is 0 Å². The molecule has 0 spiro atoms. The van der Waals surface area contributed by atoms with E-state index in [9.17, 15) is 9.59 Å². The molecule has 160 valence electrons. The van der Waals surface area contributed by atoms with Crippen LogP contribution in [0, 0.1) is 0 Å². The normalized spacial score (nSPS) is 12.5. The molecule has 0 bridgehead atoms. The van der Waals surface area contributed by atoms with Crippen LogP contribution in [0.1, 0.15) is 59.5 Å². The first kappa shape index (κ1) is 22.2. The van der Waals surface area contributed by atoms with Crippen LogP contribution in [0.25, 0.3) is 0 Å². The third kappa shape index (κ3) is 4.97. The molecule has 2 aromatic rings. The predicted octanol–water partition coefficient (Wildman–Crippen LogP) is 4.43. The number of benzene rings is 2. The van der Waals surface area contributed by atoms with Crippen molar-refractivity contribution < 1.29 is 14.3 Å². The summed E-state index contributed by atoms with van der Waals surface area (Å²) in [5, 5.41) is 0. The SMILES string of the molecule is CCN(CC)CC(=O)c1ccc2c(c1)Cc1cc(C(=O)CN(CC)CC)ccc1O2. The van der Waals surface area contributed by atoms with Gasteiger partial charge in [0.2, 0.25) is 0 Å². The highest BCUT2D eigenvalue weighted by molar-refractivity contribution is 5.99. The molecule has 0 unspecified atom stereocenters. The summed E-state index contributed by atoms with van der Waals surface area (Å²) in [4.78, 5) is 29.6. The fourth-order valence-electron chi connectivity index (χ4n) is 3.79. The first-order valence-corrected chi connectivity index (χ1v) is 10.9. The van der Waals surface area contributed by atoms with E-state index < -0.39 is 0 Å². The minimum absolute atomic E-state index is 0.121. The lowest BCUT2D eigenvalue weighted by molar-refractivity contribution is 0.0930. The smallest absolute Gasteiger partial charge is 0.176 e. The fraction of sp³-hybridized carbons (Fsp3) is 0.440. The molecule has 1 heterocycles. The van der Waals surface area contributed by atoms with Gasteiger partial charge in [0.1, 0.15) is 11.5 Å². The van der Waals surface area contributed by atoms with Crippen molar-refractivity contribution in [2.45, 2.75) is 34.1 Å². The van der Waals surface area contributed by atoms with Gasteiger partial charge in [-0.05, 0) is 62.6 Å². The summed E-state index contributed by atoms with van der Waals surface area (Å²) in [6.45, 7) is 12.5. The zero-order valence-electron chi connectivity index (χ0n) is 18.5. The molecule has 0 amide bonds. The van der Waals surface area contributed by atoms with Gasteiger partial charge in [-0.3, -0.25) is 19.4 Å². The summed E-state index contributed by atoms with van der Waals surface area (Å²) >= 11 is 0. The molecule has 2 aromatic carbocycles. The van der Waals surface area contributed by atoms with Gasteiger partial charge in [-0.2, -0.15) is 0 Å². The minimum Gasteiger partial charge on any atom is -0.457 e. The van der Waals surface area contributed by atoms with Gasteiger partial charge in [0.25, 0.3) is 0 Å². The summed E-state index contributed by atoms with van der Waals surface area (Å²) in [6, 6.07) is 11.3. The number of rotatable bonds is 10. The summed E-state index contributed by atoms with van der Waals surface area (Å²) in [5.41, 5.74) is 3.39. The Labute approximate surface area is 179 Å². The molecule has 0 aliphatic carbocycles. The number of nitrogens with zero attached hydrogens (tertiary/aromatic N) is 2. The molecular formula is C25H32N2O3. The molecular weight excluding hydrogens is 376 g/mol. The minimum atomic E-state index is 0.121. The standard InChI is InChI=1S/C25H32N2O3/c1-5-26(6-2)16-22(28)18-9-11-24-20(13-18)15-21-14-19(10-12-25(21)30-24)23(29)17-27(7-3)8-4/h9-14H,5-8,15-17H2,1-4H3. The van der Waals surface area contributed by atoms with Crippen LogP contribution in [0.4, 0.5) is 0 Å². The van der Waals surface area contributed by atoms with Crippen LogP contribution in [0.5, 0.6) is 11.5 Å². The van der Waals surface area contributed by atoms with Gasteiger partial charge in [0.05, 0.1) is 13.1 Å². The van der Waals surface area contributed by atoms with Crippen LogP contribution in [-0.4, -0.2) is 60.6 Å². The summed E-state index contributed by atoms with van der Waals surface area (Å²) in [7, 11) is 0. The average Bonchev–Trinajstić information content (AvgIpc) is 2.78. The molecule has 0 aromatic heterocycles. The van der Waals surface area contributed by atoms with Crippen LogP contribution in [-0.2, 0) is 6.42 Å². The number of hydrogen-bond donors (Lipinski definition) is 0. The van der Waals surface area contributed by atoms with E-state index in [0.29, 0.717) is 30.6 Å². The van der Waals surface area contributed by atoms with Crippen LogP contribution in [0.2, 0.25) is 0 Å². The number of Topliss-reactive ketones (excluding diaryl/α,β-unsaturated/α-hetero) is 2. The monoisotopic (exact) mass is 408 g/mol. The molecule has 0 fully saturated rings. The van der Waals surface area contributed by atoms with Crippen molar-refractivity contribution >= 4 is 11.6 Å². The van der Waals surface area contributed by atoms with E-state index in [0.717, 1.165) is 48.8 Å². The maximum absolute atomic E-state index is 12.7. The molecule has 1 aliphatic rings. The largest absolute Gasteiger partial charge is 0.457 e. The van der Waals surface area contributed by atoms with E-state index in [1.807, 2.05) is 36.4 Å². The second-order valence-electron chi connectivity index (χ2n) is 7.69. The molecule has 5 nitrogen and oxygen atoms in total. The number of ether oxygens (including phenoxy) is 1. The quantitative estimate of drug-likeness (QED) is 0.465. The highest BCUT2D eigenvalue weighted by Gasteiger charge is 2.21. The van der Waals surface area contributed by atoms with Gasteiger partial charge < -0.3 is 4.74 Å². The topological polar surface area (TPSA) is 49.9 Å². The van der Waals surface area contributed by atoms with Gasteiger partial charge in [-0.15, -0.1) is 0 Å². The molecule has 0 saturated carbocycles. The van der Waals surface area contributed by atoms with Crippen molar-refractivity contribution in [3.8, 4) is 11.5 Å². The Kier molecular flexibility index (Phi) is 7.40. The lowest BCUT2D eigenvalue weighted by Gasteiger charge is -2.22. The summed E-state index contributed by atoms with van der Waals surface area (Å²) in [6.07, 6.45) is 0.656. The van der Waals surface area contributed by atoms with Gasteiger partial charge >= 0.3 is 0 Å². The second kappa shape index (κ2) is 10.0. The highest BCUT2D eigenvalue weighted by atomic mass is 16.5. The first-order chi connectivity index (χ1) is 14.5. The van der Waals surface area contributed by atoms with Crippen LogP contribution in [0.15, 0.2) is 36.4 Å². The Morgan fingerprint density at radius 1 is 0.733 bits per heavy atom. The zero-order valence-corrected chi connectivity index (χ0v) is 18.5. The Morgan fingerprint density at radius 3 is 1.50 bits per heavy atom. The zero-order chi connectivity index (χ0) is 21.7. The van der Waals surface area contributed by atoms with E-state index in [2.05, 4.69) is 37.5 Å². The number of hydrogen-bond acceptors (Lipinski definition) is 5. The van der Waals surface area contributed by atoms with Crippen LogP contribution < -0.4 is 4.74 Å². The van der Waals surface area contributed by atoms with Crippen molar-refractivity contribution in [2.24, 2.45) is 0 Å². The Hall–Kier alpha value is -2.50.